The van der Waals surface area contributed by atoms with Gasteiger partial charge in [-0.05, 0) is 38.5 Å². The molecule has 0 heterocycles. The Kier molecular flexibility index (Phi) is 70.1. The SMILES string of the molecule is CCCCCCCCCC/C=C\CCCCCCCCCCCCCCCCCCCCCCCC(=O)OC(COC(=O)CCCCCCCCCCCCCCCCCCCCCCCCCCCCCCCCCC)COP(=O)(O)OCC[N+](C)(C)C. The van der Waals surface area contributed by atoms with Crippen LogP contribution in [0.3, 0.4) is 0 Å². The molecule has 0 amide bonds. The molecule has 0 saturated heterocycles. The molecule has 10 heteroatoms. The Hall–Kier alpha value is -1.25. The zero-order valence-corrected chi connectivity index (χ0v) is 61.6. The van der Waals surface area contributed by atoms with Crippen LogP contribution in [-0.2, 0) is 32.7 Å². The number of quaternary nitrogens is 1. The second-order valence-electron chi connectivity index (χ2n) is 28.8. The molecule has 9 nitrogen and oxygen atoms in total. The Balaban J connectivity index is 3.90. The molecular weight excluding hydrogens is 1120 g/mol. The first-order valence-corrected chi connectivity index (χ1v) is 41.4. The van der Waals surface area contributed by atoms with Gasteiger partial charge in [0.2, 0.25) is 0 Å². The maximum absolute atomic E-state index is 12.9. The van der Waals surface area contributed by atoms with Crippen molar-refractivity contribution < 1.29 is 42.1 Å². The van der Waals surface area contributed by atoms with Gasteiger partial charge >= 0.3 is 19.8 Å². The minimum absolute atomic E-state index is 0.0369. The average molecular weight is 1280 g/mol. The summed E-state index contributed by atoms with van der Waals surface area (Å²) in [6.07, 6.45) is 89.4. The predicted octanol–water partition coefficient (Wildman–Crippen LogP) is 26.2. The van der Waals surface area contributed by atoms with Gasteiger partial charge in [-0.3, -0.25) is 18.6 Å². The molecule has 0 fully saturated rings. The molecule has 0 bridgehead atoms. The summed E-state index contributed by atoms with van der Waals surface area (Å²) >= 11 is 0. The predicted molar refractivity (Wildman–Crippen MR) is 386 cm³/mol. The second-order valence-corrected chi connectivity index (χ2v) is 30.3. The van der Waals surface area contributed by atoms with E-state index in [-0.39, 0.29) is 25.6 Å². The van der Waals surface area contributed by atoms with Gasteiger partial charge in [-0.15, -0.1) is 0 Å². The van der Waals surface area contributed by atoms with Crippen molar-refractivity contribution in [2.24, 2.45) is 0 Å². The molecule has 0 spiro atoms. The molecule has 0 aliphatic carbocycles. The van der Waals surface area contributed by atoms with E-state index in [1.54, 1.807) is 0 Å². The number of rotatable bonds is 76. The topological polar surface area (TPSA) is 108 Å². The highest BCUT2D eigenvalue weighted by atomic mass is 31.2. The van der Waals surface area contributed by atoms with Crippen molar-refractivity contribution in [1.29, 1.82) is 0 Å². The zero-order valence-electron chi connectivity index (χ0n) is 60.7. The maximum Gasteiger partial charge on any atom is 0.472 e. The highest BCUT2D eigenvalue weighted by molar-refractivity contribution is 7.47. The zero-order chi connectivity index (χ0) is 64.8. The molecule has 0 rings (SSSR count). The number of phosphoric acid groups is 1. The van der Waals surface area contributed by atoms with E-state index in [9.17, 15) is 19.0 Å². The van der Waals surface area contributed by atoms with Crippen molar-refractivity contribution in [3.63, 3.8) is 0 Å². The number of phosphoric ester groups is 1. The van der Waals surface area contributed by atoms with E-state index in [4.69, 9.17) is 18.5 Å². The van der Waals surface area contributed by atoms with Crippen molar-refractivity contribution in [1.82, 2.24) is 0 Å². The molecule has 0 saturated carbocycles. The van der Waals surface area contributed by atoms with Crippen LogP contribution in [0.1, 0.15) is 431 Å². The number of allylic oxidation sites excluding steroid dienone is 2. The summed E-state index contributed by atoms with van der Waals surface area (Å²) in [5, 5.41) is 0. The van der Waals surface area contributed by atoms with Gasteiger partial charge in [0.15, 0.2) is 6.10 Å². The Labute approximate surface area is 556 Å². The van der Waals surface area contributed by atoms with Crippen LogP contribution >= 0.6 is 7.82 Å². The first kappa shape index (κ1) is 87.8. The minimum atomic E-state index is -4.39. The maximum atomic E-state index is 12.9. The highest BCUT2D eigenvalue weighted by Crippen LogP contribution is 2.43. The molecule has 89 heavy (non-hydrogen) atoms. The lowest BCUT2D eigenvalue weighted by Gasteiger charge is -2.24. The van der Waals surface area contributed by atoms with Crippen molar-refractivity contribution in [2.45, 2.75) is 437 Å². The molecule has 0 aromatic carbocycles. The number of carbonyl (C=O) groups is 2. The van der Waals surface area contributed by atoms with Gasteiger partial charge in [-0.1, -0.05) is 392 Å². The van der Waals surface area contributed by atoms with Crippen LogP contribution in [0.4, 0.5) is 0 Å². The lowest BCUT2D eigenvalue weighted by Crippen LogP contribution is -2.37. The third kappa shape index (κ3) is 75.7. The fourth-order valence-corrected chi connectivity index (χ4v) is 13.2. The molecule has 2 unspecified atom stereocenters. The van der Waals surface area contributed by atoms with Crippen molar-refractivity contribution in [2.75, 3.05) is 47.5 Å². The monoisotopic (exact) mass is 1280 g/mol. The summed E-state index contributed by atoms with van der Waals surface area (Å²) in [5.74, 6) is -0.767. The number of likely N-dealkylation sites (N-methyl/N-ethyl adjacent to an activating group) is 1. The van der Waals surface area contributed by atoms with Gasteiger partial charge in [0.25, 0.3) is 0 Å². The van der Waals surface area contributed by atoms with Crippen LogP contribution in [0.2, 0.25) is 0 Å². The van der Waals surface area contributed by atoms with Gasteiger partial charge < -0.3 is 18.9 Å². The lowest BCUT2D eigenvalue weighted by molar-refractivity contribution is -0.870. The van der Waals surface area contributed by atoms with Crippen molar-refractivity contribution >= 4 is 19.8 Å². The summed E-state index contributed by atoms with van der Waals surface area (Å²) < 4.78 is 34.8. The minimum Gasteiger partial charge on any atom is -0.462 e. The lowest BCUT2D eigenvalue weighted by atomic mass is 10.0. The van der Waals surface area contributed by atoms with Crippen molar-refractivity contribution in [3.8, 4) is 0 Å². The molecule has 1 N–H and O–H groups in total. The standard InChI is InChI=1S/C79H156NO8P/c1-6-8-10-12-14-16-18-20-22-24-26-28-30-32-34-36-38-40-42-44-46-48-50-52-54-56-58-60-62-64-66-68-70-72-79(82)88-77(76-87-89(83,84)86-74-73-80(3,4)5)75-85-78(81)71-69-67-65-63-61-59-57-55-53-51-49-47-45-43-41-39-37-35-33-31-29-27-25-23-21-19-17-15-13-11-9-7-2/h24,26,77H,6-23,25,27-76H2,1-5H3/p+1/b26-24-. The normalized spacial score (nSPS) is 13.0. The first-order valence-electron chi connectivity index (χ1n) is 39.9. The number of unbranched alkanes of at least 4 members (excludes halogenated alkanes) is 60. The third-order valence-electron chi connectivity index (χ3n) is 18.5. The summed E-state index contributed by atoms with van der Waals surface area (Å²) in [7, 11) is 1.51. The number of hydrogen-bond acceptors (Lipinski definition) is 7. The molecule has 0 radical (unpaired) electrons. The van der Waals surface area contributed by atoms with Crippen molar-refractivity contribution in [3.05, 3.63) is 12.2 Å². The molecule has 2 atom stereocenters. The van der Waals surface area contributed by atoms with Gasteiger partial charge in [0.1, 0.15) is 19.8 Å². The highest BCUT2D eigenvalue weighted by Gasteiger charge is 2.27. The van der Waals surface area contributed by atoms with Crippen LogP contribution in [0.5, 0.6) is 0 Å². The van der Waals surface area contributed by atoms with Gasteiger partial charge in [-0.25, -0.2) is 4.57 Å². The average Bonchev–Trinajstić information content (AvgIpc) is 3.60. The number of carbonyl (C=O) groups excluding carboxylic acids is 2. The van der Waals surface area contributed by atoms with E-state index in [0.29, 0.717) is 17.4 Å². The fourth-order valence-electron chi connectivity index (χ4n) is 12.4. The van der Waals surface area contributed by atoms with E-state index in [0.717, 1.165) is 38.5 Å². The number of hydrogen-bond donors (Lipinski definition) is 1. The fraction of sp³-hybridized carbons (Fsp3) is 0.949. The Morgan fingerprint density at radius 1 is 0.337 bits per heavy atom. The van der Waals surface area contributed by atoms with E-state index in [2.05, 4.69) is 26.0 Å². The van der Waals surface area contributed by atoms with E-state index in [1.165, 1.54) is 366 Å². The first-order chi connectivity index (χ1) is 43.5. The van der Waals surface area contributed by atoms with Gasteiger partial charge in [0, 0.05) is 12.8 Å². The van der Waals surface area contributed by atoms with Gasteiger partial charge in [0.05, 0.1) is 27.7 Å². The summed E-state index contributed by atoms with van der Waals surface area (Å²) in [4.78, 5) is 36.0. The molecule has 530 valence electrons. The van der Waals surface area contributed by atoms with Crippen LogP contribution in [0, 0.1) is 0 Å². The molecule has 0 aromatic heterocycles. The van der Waals surface area contributed by atoms with E-state index < -0.39 is 26.5 Å². The summed E-state index contributed by atoms with van der Waals surface area (Å²) in [5.41, 5.74) is 0. The Bertz CT molecular complexity index is 1500. The van der Waals surface area contributed by atoms with Crippen LogP contribution in [0.25, 0.3) is 0 Å². The van der Waals surface area contributed by atoms with Crippen LogP contribution < -0.4 is 0 Å². The number of esters is 2. The number of nitrogens with zero attached hydrogens (tertiary/aromatic N) is 1. The quantitative estimate of drug-likeness (QED) is 0.0211. The van der Waals surface area contributed by atoms with Gasteiger partial charge in [-0.2, -0.15) is 0 Å². The largest absolute Gasteiger partial charge is 0.472 e. The third-order valence-corrected chi connectivity index (χ3v) is 19.5. The molecule has 0 aliphatic rings. The second kappa shape index (κ2) is 71.1. The Morgan fingerprint density at radius 3 is 0.831 bits per heavy atom. The smallest absolute Gasteiger partial charge is 0.462 e. The number of ether oxygens (including phenoxy) is 2. The van der Waals surface area contributed by atoms with Crippen LogP contribution in [0.15, 0.2) is 12.2 Å². The summed E-state index contributed by atoms with van der Waals surface area (Å²) in [6, 6.07) is 0. The summed E-state index contributed by atoms with van der Waals surface area (Å²) in [6.45, 7) is 4.53. The molecule has 0 aromatic rings. The molecule has 0 aliphatic heterocycles. The molecular formula is C79H157NO8P+. The van der Waals surface area contributed by atoms with Crippen LogP contribution in [-0.4, -0.2) is 74.9 Å². The van der Waals surface area contributed by atoms with E-state index in [1.807, 2.05) is 21.1 Å². The van der Waals surface area contributed by atoms with E-state index >= 15 is 0 Å². The Morgan fingerprint density at radius 2 is 0.573 bits per heavy atom.